The summed E-state index contributed by atoms with van der Waals surface area (Å²) in [5, 5.41) is 7.19. The molecule has 0 amide bonds. The maximum atomic E-state index is 13.0. The Hall–Kier alpha value is -2.05. The van der Waals surface area contributed by atoms with E-state index in [-0.39, 0.29) is 17.7 Å². The van der Waals surface area contributed by atoms with E-state index in [0.717, 1.165) is 17.8 Å². The van der Waals surface area contributed by atoms with Crippen LogP contribution in [-0.4, -0.2) is 25.8 Å². The van der Waals surface area contributed by atoms with Gasteiger partial charge in [-0.25, -0.2) is 18.7 Å². The van der Waals surface area contributed by atoms with Crippen molar-refractivity contribution in [1.29, 1.82) is 0 Å². The maximum absolute atomic E-state index is 13.0. The third-order valence-electron chi connectivity index (χ3n) is 3.07. The molecule has 114 valence electrons. The zero-order chi connectivity index (χ0) is 15.6. The number of hydrogen-bond donors (Lipinski definition) is 1. The quantitative estimate of drug-likeness (QED) is 0.918. The van der Waals surface area contributed by atoms with Crippen molar-refractivity contribution in [2.75, 3.05) is 5.32 Å². The highest BCUT2D eigenvalue weighted by atomic mass is 19.3. The lowest BCUT2D eigenvalue weighted by Gasteiger charge is -2.11. The summed E-state index contributed by atoms with van der Waals surface area (Å²) in [4.78, 5) is 8.18. The minimum absolute atomic E-state index is 0.0604. The molecule has 2 aromatic heterocycles. The normalized spacial score (nSPS) is 11.4. The molecule has 0 radical (unpaired) electrons. The first-order valence-corrected chi connectivity index (χ1v) is 6.88. The summed E-state index contributed by atoms with van der Waals surface area (Å²) in [6.07, 6.45) is -0.990. The molecule has 0 bridgehead atoms. The van der Waals surface area contributed by atoms with E-state index in [4.69, 9.17) is 0 Å². The lowest BCUT2D eigenvalue weighted by Crippen LogP contribution is -2.14. The zero-order valence-corrected chi connectivity index (χ0v) is 12.6. The molecule has 0 saturated heterocycles. The van der Waals surface area contributed by atoms with Crippen LogP contribution in [0.15, 0.2) is 12.3 Å². The highest BCUT2D eigenvalue weighted by molar-refractivity contribution is 5.62. The molecule has 1 N–H and O–H groups in total. The van der Waals surface area contributed by atoms with Gasteiger partial charge in [0, 0.05) is 23.8 Å². The van der Waals surface area contributed by atoms with Crippen LogP contribution in [0, 0.1) is 6.92 Å². The Morgan fingerprint density at radius 1 is 1.29 bits per heavy atom. The van der Waals surface area contributed by atoms with E-state index in [2.05, 4.69) is 20.4 Å². The molecule has 5 nitrogen and oxygen atoms in total. The van der Waals surface area contributed by atoms with Crippen LogP contribution in [0.5, 0.6) is 0 Å². The molecule has 2 aromatic rings. The molecular weight excluding hydrogens is 276 g/mol. The second-order valence-corrected chi connectivity index (χ2v) is 5.06. The molecule has 0 aromatic carbocycles. The van der Waals surface area contributed by atoms with Crippen molar-refractivity contribution in [3.63, 3.8) is 0 Å². The van der Waals surface area contributed by atoms with Crippen molar-refractivity contribution in [2.24, 2.45) is 0 Å². The lowest BCUT2D eigenvalue weighted by molar-refractivity contribution is 0.146. The molecule has 0 aliphatic carbocycles. The van der Waals surface area contributed by atoms with Crippen LogP contribution >= 0.6 is 0 Å². The summed E-state index contributed by atoms with van der Waals surface area (Å²) in [7, 11) is 0. The van der Waals surface area contributed by atoms with Gasteiger partial charge in [0.2, 0.25) is 5.95 Å². The number of rotatable bonds is 5. The Kier molecular flexibility index (Phi) is 4.50. The molecule has 0 spiro atoms. The number of halogens is 2. The largest absolute Gasteiger partial charge is 0.352 e. The third-order valence-corrected chi connectivity index (χ3v) is 3.07. The van der Waals surface area contributed by atoms with Gasteiger partial charge in [-0.05, 0) is 33.8 Å². The van der Waals surface area contributed by atoms with E-state index in [1.165, 1.54) is 6.07 Å². The summed E-state index contributed by atoms with van der Waals surface area (Å²) < 4.78 is 27.8. The Labute approximate surface area is 122 Å². The van der Waals surface area contributed by atoms with Crippen LogP contribution in [0.25, 0.3) is 11.3 Å². The van der Waals surface area contributed by atoms with Crippen molar-refractivity contribution in [1.82, 2.24) is 19.7 Å². The average Bonchev–Trinajstić information content (AvgIpc) is 2.78. The van der Waals surface area contributed by atoms with E-state index >= 15 is 0 Å². The fraction of sp³-hybridized carbons (Fsp3) is 0.500. The molecule has 2 rings (SSSR count). The molecule has 0 aliphatic rings. The number of aromatic nitrogens is 4. The number of aryl methyl sites for hydroxylation is 1. The fourth-order valence-corrected chi connectivity index (χ4v) is 2.06. The van der Waals surface area contributed by atoms with Gasteiger partial charge in [0.25, 0.3) is 6.43 Å². The molecule has 7 heteroatoms. The Morgan fingerprint density at radius 3 is 2.52 bits per heavy atom. The molecule has 0 unspecified atom stereocenters. The van der Waals surface area contributed by atoms with Gasteiger partial charge in [-0.2, -0.15) is 5.10 Å². The summed E-state index contributed by atoms with van der Waals surface area (Å²) in [6.45, 7) is 8.39. The van der Waals surface area contributed by atoms with Crippen molar-refractivity contribution >= 4 is 5.95 Å². The first-order valence-electron chi connectivity index (χ1n) is 6.88. The van der Waals surface area contributed by atoms with Crippen LogP contribution in [0.3, 0.4) is 0 Å². The van der Waals surface area contributed by atoms with E-state index < -0.39 is 6.43 Å². The summed E-state index contributed by atoms with van der Waals surface area (Å²) in [5.41, 5.74) is 1.81. The third kappa shape index (κ3) is 3.34. The first kappa shape index (κ1) is 15.3. The zero-order valence-electron chi connectivity index (χ0n) is 12.6. The van der Waals surface area contributed by atoms with Crippen molar-refractivity contribution in [3.8, 4) is 11.3 Å². The summed E-state index contributed by atoms with van der Waals surface area (Å²) in [5.74, 6) is 0.210. The monoisotopic (exact) mass is 295 g/mol. The highest BCUT2D eigenvalue weighted by Crippen LogP contribution is 2.26. The fourth-order valence-electron chi connectivity index (χ4n) is 2.06. The number of alkyl halides is 2. The van der Waals surface area contributed by atoms with Gasteiger partial charge in [-0.1, -0.05) is 0 Å². The molecule has 0 aliphatic heterocycles. The minimum Gasteiger partial charge on any atom is -0.352 e. The van der Waals surface area contributed by atoms with E-state index in [1.54, 1.807) is 10.9 Å². The Balaban J connectivity index is 2.51. The molecule has 21 heavy (non-hydrogen) atoms. The number of nitrogens with zero attached hydrogens (tertiary/aromatic N) is 4. The lowest BCUT2D eigenvalue weighted by atomic mass is 10.1. The van der Waals surface area contributed by atoms with Gasteiger partial charge in [0.1, 0.15) is 5.69 Å². The summed E-state index contributed by atoms with van der Waals surface area (Å²) in [6, 6.07) is 1.38. The van der Waals surface area contributed by atoms with Crippen LogP contribution in [0.1, 0.15) is 38.6 Å². The highest BCUT2D eigenvalue weighted by Gasteiger charge is 2.17. The maximum Gasteiger partial charge on any atom is 0.280 e. The Bertz CT molecular complexity index is 622. The second-order valence-electron chi connectivity index (χ2n) is 5.06. The van der Waals surface area contributed by atoms with Gasteiger partial charge in [-0.15, -0.1) is 0 Å². The summed E-state index contributed by atoms with van der Waals surface area (Å²) >= 11 is 0. The number of nitrogens with one attached hydrogen (secondary N) is 1. The number of hydrogen-bond acceptors (Lipinski definition) is 4. The van der Waals surface area contributed by atoms with E-state index in [0.29, 0.717) is 5.69 Å². The second kappa shape index (κ2) is 6.15. The van der Waals surface area contributed by atoms with Gasteiger partial charge in [0.15, 0.2) is 0 Å². The topological polar surface area (TPSA) is 55.6 Å². The Morgan fingerprint density at radius 2 is 2.00 bits per heavy atom. The van der Waals surface area contributed by atoms with Crippen LogP contribution in [0.4, 0.5) is 14.7 Å². The van der Waals surface area contributed by atoms with Crippen molar-refractivity contribution in [3.05, 3.63) is 23.7 Å². The molecular formula is C14H19F2N5. The van der Waals surface area contributed by atoms with Crippen LogP contribution in [0.2, 0.25) is 0 Å². The van der Waals surface area contributed by atoms with Crippen LogP contribution < -0.4 is 5.32 Å². The average molecular weight is 295 g/mol. The van der Waals surface area contributed by atoms with Gasteiger partial charge < -0.3 is 5.32 Å². The standard InChI is InChI=1S/C14H19F2N5/c1-5-21-9(4)10(7-17-21)11-6-12(13(15)16)20-14(19-11)18-8(2)3/h6-8,13H,5H2,1-4H3,(H,18,19,20). The molecule has 2 heterocycles. The van der Waals surface area contributed by atoms with Crippen LogP contribution in [-0.2, 0) is 6.54 Å². The van der Waals surface area contributed by atoms with E-state index in [1.807, 2.05) is 27.7 Å². The van der Waals surface area contributed by atoms with Gasteiger partial charge in [0.05, 0.1) is 11.9 Å². The molecule has 0 fully saturated rings. The predicted octanol–water partition coefficient (Wildman–Crippen LogP) is 3.43. The smallest absolute Gasteiger partial charge is 0.280 e. The van der Waals surface area contributed by atoms with E-state index in [9.17, 15) is 8.78 Å². The SMILES string of the molecule is CCn1ncc(-c2cc(C(F)F)nc(NC(C)C)n2)c1C. The molecule has 0 atom stereocenters. The molecule has 0 saturated carbocycles. The number of anilines is 1. The predicted molar refractivity (Wildman–Crippen MR) is 77.4 cm³/mol. The minimum atomic E-state index is -2.64. The van der Waals surface area contributed by atoms with Gasteiger partial charge >= 0.3 is 0 Å². The van der Waals surface area contributed by atoms with Gasteiger partial charge in [-0.3, -0.25) is 4.68 Å². The first-order chi connectivity index (χ1) is 9.92. The van der Waals surface area contributed by atoms with Crippen molar-refractivity contribution < 1.29 is 8.78 Å². The van der Waals surface area contributed by atoms with Crippen molar-refractivity contribution in [2.45, 2.75) is 46.7 Å².